The number of nitrogens with one attached hydrogen (secondary N) is 2. The topological polar surface area (TPSA) is 88.5 Å². The summed E-state index contributed by atoms with van der Waals surface area (Å²) in [6, 6.07) is 24.5. The van der Waals surface area contributed by atoms with Crippen LogP contribution in [0, 0.1) is 11.3 Å². The molecule has 176 valence electrons. The molecule has 0 bridgehead atoms. The number of carbonyl (C=O) groups is 2. The fourth-order valence-corrected chi connectivity index (χ4v) is 3.92. The van der Waals surface area contributed by atoms with Gasteiger partial charge in [-0.15, -0.1) is 0 Å². The molecule has 1 aliphatic heterocycles. The number of fused-ring (bicyclic) bond motifs is 1. The summed E-state index contributed by atoms with van der Waals surface area (Å²) >= 11 is 0. The second-order valence-corrected chi connectivity index (χ2v) is 8.62. The van der Waals surface area contributed by atoms with E-state index in [2.05, 4.69) is 16.7 Å². The van der Waals surface area contributed by atoms with E-state index in [-0.39, 0.29) is 11.8 Å². The van der Waals surface area contributed by atoms with E-state index in [4.69, 9.17) is 0 Å². The molecule has 2 N–H and O–H groups in total. The molecular weight excluding hydrogens is 438 g/mol. The Labute approximate surface area is 205 Å². The molecule has 4 rings (SSSR count). The van der Waals surface area contributed by atoms with Crippen LogP contribution in [0.4, 0.5) is 17.1 Å². The molecule has 0 spiro atoms. The summed E-state index contributed by atoms with van der Waals surface area (Å²) in [6.07, 6.45) is 0.440. The Morgan fingerprint density at radius 2 is 1.71 bits per heavy atom. The highest BCUT2D eigenvalue weighted by Crippen LogP contribution is 2.38. The van der Waals surface area contributed by atoms with Gasteiger partial charge in [0.05, 0.1) is 28.6 Å². The Morgan fingerprint density at radius 1 is 1.00 bits per heavy atom. The molecule has 3 aromatic rings. The molecular formula is C28H27N5O2. The van der Waals surface area contributed by atoms with E-state index in [9.17, 15) is 14.9 Å². The van der Waals surface area contributed by atoms with Gasteiger partial charge in [0.25, 0.3) is 5.91 Å². The summed E-state index contributed by atoms with van der Waals surface area (Å²) < 4.78 is 0. The third-order valence-electron chi connectivity index (χ3n) is 5.88. The van der Waals surface area contributed by atoms with Crippen molar-refractivity contribution in [2.24, 2.45) is 0 Å². The fourth-order valence-electron chi connectivity index (χ4n) is 3.92. The molecule has 7 nitrogen and oxygen atoms in total. The highest BCUT2D eigenvalue weighted by atomic mass is 16.2. The molecule has 35 heavy (non-hydrogen) atoms. The standard InChI is InChI=1S/C28H27N5O2/c1-32(2)16-15-25(34)33(3)22-12-10-21(11-13-22)30-27(20-7-5-4-6-8-20)26-23-14-9-19(18-29)17-24(23)31-28(26)35/h4-14,17,30H,15-16H2,1-3H3,(H,31,35). The highest BCUT2D eigenvalue weighted by molar-refractivity contribution is 6.37. The quantitative estimate of drug-likeness (QED) is 0.505. The van der Waals surface area contributed by atoms with Crippen LogP contribution in [0.25, 0.3) is 11.3 Å². The van der Waals surface area contributed by atoms with Crippen LogP contribution in [-0.4, -0.2) is 44.4 Å². The van der Waals surface area contributed by atoms with Crippen molar-refractivity contribution in [2.75, 3.05) is 43.2 Å². The van der Waals surface area contributed by atoms with E-state index in [1.54, 1.807) is 30.1 Å². The fraction of sp³-hybridized carbons (Fsp3) is 0.179. The maximum Gasteiger partial charge on any atom is 0.258 e. The largest absolute Gasteiger partial charge is 0.354 e. The average Bonchev–Trinajstić information content (AvgIpc) is 3.20. The molecule has 0 unspecified atom stereocenters. The van der Waals surface area contributed by atoms with Gasteiger partial charge in [-0.25, -0.2) is 0 Å². The zero-order chi connectivity index (χ0) is 24.9. The summed E-state index contributed by atoms with van der Waals surface area (Å²) in [5.74, 6) is -0.188. The van der Waals surface area contributed by atoms with Crippen LogP contribution in [0.15, 0.2) is 72.8 Å². The van der Waals surface area contributed by atoms with Gasteiger partial charge in [0.15, 0.2) is 0 Å². The SMILES string of the molecule is CN(C)CCC(=O)N(C)c1ccc(NC(=C2C(=O)Nc3cc(C#N)ccc32)c2ccccc2)cc1. The van der Waals surface area contributed by atoms with Gasteiger partial charge >= 0.3 is 0 Å². The number of nitriles is 1. The molecule has 1 aliphatic rings. The summed E-state index contributed by atoms with van der Waals surface area (Å²) in [4.78, 5) is 29.1. The lowest BCUT2D eigenvalue weighted by molar-refractivity contribution is -0.118. The van der Waals surface area contributed by atoms with Gasteiger partial charge in [0.1, 0.15) is 0 Å². The van der Waals surface area contributed by atoms with Crippen molar-refractivity contribution >= 4 is 40.1 Å². The van der Waals surface area contributed by atoms with Crippen molar-refractivity contribution in [3.8, 4) is 6.07 Å². The predicted octanol–water partition coefficient (Wildman–Crippen LogP) is 4.41. The zero-order valence-electron chi connectivity index (χ0n) is 20.0. The number of anilines is 3. The van der Waals surface area contributed by atoms with Crippen LogP contribution < -0.4 is 15.5 Å². The lowest BCUT2D eigenvalue weighted by atomic mass is 9.99. The molecule has 0 saturated heterocycles. The van der Waals surface area contributed by atoms with Crippen LogP contribution in [0.1, 0.15) is 23.1 Å². The minimum Gasteiger partial charge on any atom is -0.354 e. The van der Waals surface area contributed by atoms with E-state index in [1.807, 2.05) is 73.6 Å². The first-order valence-electron chi connectivity index (χ1n) is 11.3. The number of rotatable bonds is 7. The molecule has 0 fully saturated rings. The van der Waals surface area contributed by atoms with Crippen molar-refractivity contribution in [1.29, 1.82) is 5.26 Å². The molecule has 1 heterocycles. The summed E-state index contributed by atoms with van der Waals surface area (Å²) in [6.45, 7) is 0.691. The number of carbonyl (C=O) groups excluding carboxylic acids is 2. The van der Waals surface area contributed by atoms with Crippen molar-refractivity contribution in [3.63, 3.8) is 0 Å². The van der Waals surface area contributed by atoms with Crippen molar-refractivity contribution < 1.29 is 9.59 Å². The lowest BCUT2D eigenvalue weighted by Gasteiger charge is -2.20. The van der Waals surface area contributed by atoms with E-state index in [0.29, 0.717) is 35.5 Å². The van der Waals surface area contributed by atoms with Gasteiger partial charge in [0.2, 0.25) is 5.91 Å². The third kappa shape index (κ3) is 5.24. The van der Waals surface area contributed by atoms with Gasteiger partial charge in [-0.3, -0.25) is 9.59 Å². The zero-order valence-corrected chi connectivity index (χ0v) is 20.0. The average molecular weight is 466 g/mol. The Hall–Kier alpha value is -4.41. The van der Waals surface area contributed by atoms with Crippen molar-refractivity contribution in [3.05, 3.63) is 89.5 Å². The number of amides is 2. The van der Waals surface area contributed by atoms with Gasteiger partial charge < -0.3 is 20.4 Å². The Morgan fingerprint density at radius 3 is 2.37 bits per heavy atom. The maximum atomic E-state index is 13.0. The number of hydrogen-bond acceptors (Lipinski definition) is 5. The van der Waals surface area contributed by atoms with Gasteiger partial charge in [-0.1, -0.05) is 36.4 Å². The van der Waals surface area contributed by atoms with Gasteiger partial charge in [-0.05, 0) is 56.1 Å². The number of benzene rings is 3. The Balaban J connectivity index is 1.67. The monoisotopic (exact) mass is 465 g/mol. The summed E-state index contributed by atoms with van der Waals surface area (Å²) in [7, 11) is 5.66. The summed E-state index contributed by atoms with van der Waals surface area (Å²) in [5.41, 5.74) is 5.45. The lowest BCUT2D eigenvalue weighted by Crippen LogP contribution is -2.29. The first kappa shape index (κ1) is 23.7. The van der Waals surface area contributed by atoms with Gasteiger partial charge in [-0.2, -0.15) is 5.26 Å². The minimum atomic E-state index is -0.232. The molecule has 7 heteroatoms. The number of hydrogen-bond donors (Lipinski definition) is 2. The van der Waals surface area contributed by atoms with Crippen LogP contribution in [0.5, 0.6) is 0 Å². The maximum absolute atomic E-state index is 13.0. The van der Waals surface area contributed by atoms with Crippen LogP contribution in [0.2, 0.25) is 0 Å². The number of nitrogens with zero attached hydrogens (tertiary/aromatic N) is 3. The normalized spacial score (nSPS) is 13.6. The molecule has 0 saturated carbocycles. The second-order valence-electron chi connectivity index (χ2n) is 8.62. The molecule has 3 aromatic carbocycles. The first-order chi connectivity index (χ1) is 16.9. The van der Waals surface area contributed by atoms with Crippen LogP contribution >= 0.6 is 0 Å². The van der Waals surface area contributed by atoms with Gasteiger partial charge in [0, 0.05) is 37.0 Å². The Kier molecular flexibility index (Phi) is 6.95. The van der Waals surface area contributed by atoms with Crippen LogP contribution in [-0.2, 0) is 9.59 Å². The van der Waals surface area contributed by atoms with Crippen molar-refractivity contribution in [1.82, 2.24) is 4.90 Å². The van der Waals surface area contributed by atoms with E-state index < -0.39 is 0 Å². The highest BCUT2D eigenvalue weighted by Gasteiger charge is 2.28. The molecule has 0 aliphatic carbocycles. The third-order valence-corrected chi connectivity index (χ3v) is 5.88. The van der Waals surface area contributed by atoms with E-state index >= 15 is 0 Å². The summed E-state index contributed by atoms with van der Waals surface area (Å²) in [5, 5.41) is 15.5. The molecule has 0 radical (unpaired) electrons. The predicted molar refractivity (Wildman–Crippen MR) is 140 cm³/mol. The van der Waals surface area contributed by atoms with Crippen molar-refractivity contribution in [2.45, 2.75) is 6.42 Å². The Bertz CT molecular complexity index is 1320. The van der Waals surface area contributed by atoms with E-state index in [0.717, 1.165) is 22.5 Å². The molecule has 0 aromatic heterocycles. The van der Waals surface area contributed by atoms with Crippen LogP contribution in [0.3, 0.4) is 0 Å². The second kappa shape index (κ2) is 10.2. The minimum absolute atomic E-state index is 0.0440. The van der Waals surface area contributed by atoms with E-state index in [1.165, 1.54) is 0 Å². The smallest absolute Gasteiger partial charge is 0.258 e. The molecule has 0 atom stereocenters. The first-order valence-corrected chi connectivity index (χ1v) is 11.3. The molecule has 2 amide bonds.